The quantitative estimate of drug-likeness (QED) is 0.543. The molecule has 0 aliphatic carbocycles. The Labute approximate surface area is 147 Å². The van der Waals surface area contributed by atoms with Crippen LogP contribution in [0.4, 0.5) is 0 Å². The van der Waals surface area contributed by atoms with Crippen LogP contribution in [0, 0.1) is 0 Å². The molecule has 0 heterocycles. The second-order valence-electron chi connectivity index (χ2n) is 5.40. The fourth-order valence-electron chi connectivity index (χ4n) is 2.46. The Balaban J connectivity index is 1.96. The fourth-order valence-corrected chi connectivity index (χ4v) is 2.46. The SMILES string of the molecule is COc1ccccc1ON=C(c1ccccc1)C(O)c1ccccc1. The lowest BCUT2D eigenvalue weighted by Gasteiger charge is -2.15. The van der Waals surface area contributed by atoms with E-state index in [2.05, 4.69) is 5.16 Å². The van der Waals surface area contributed by atoms with Crippen LogP contribution in [-0.2, 0) is 0 Å². The second kappa shape index (κ2) is 8.13. The first-order valence-electron chi connectivity index (χ1n) is 7.96. The minimum Gasteiger partial charge on any atom is -0.493 e. The van der Waals surface area contributed by atoms with Crippen molar-refractivity contribution in [3.63, 3.8) is 0 Å². The Kier molecular flexibility index (Phi) is 5.44. The van der Waals surface area contributed by atoms with Crippen LogP contribution in [-0.4, -0.2) is 17.9 Å². The third kappa shape index (κ3) is 4.05. The molecule has 4 nitrogen and oxygen atoms in total. The third-order valence-electron chi connectivity index (χ3n) is 3.76. The molecule has 0 fully saturated rings. The van der Waals surface area contributed by atoms with E-state index in [-0.39, 0.29) is 0 Å². The summed E-state index contributed by atoms with van der Waals surface area (Å²) in [5.74, 6) is 1.06. The topological polar surface area (TPSA) is 51.0 Å². The van der Waals surface area contributed by atoms with Crippen molar-refractivity contribution < 1.29 is 14.7 Å². The molecule has 0 amide bonds. The highest BCUT2D eigenvalue weighted by molar-refractivity contribution is 6.03. The molecule has 3 aromatic rings. The number of rotatable bonds is 6. The van der Waals surface area contributed by atoms with Crippen molar-refractivity contribution in [1.82, 2.24) is 0 Å². The van der Waals surface area contributed by atoms with E-state index in [1.165, 1.54) is 0 Å². The number of methoxy groups -OCH3 is 1. The number of benzene rings is 3. The summed E-state index contributed by atoms with van der Waals surface area (Å²) in [6.45, 7) is 0. The number of nitrogens with zero attached hydrogens (tertiary/aromatic N) is 1. The summed E-state index contributed by atoms with van der Waals surface area (Å²) in [4.78, 5) is 5.59. The molecule has 0 saturated heterocycles. The van der Waals surface area contributed by atoms with Crippen LogP contribution in [0.3, 0.4) is 0 Å². The van der Waals surface area contributed by atoms with Gasteiger partial charge in [-0.25, -0.2) is 0 Å². The lowest BCUT2D eigenvalue weighted by atomic mass is 9.99. The van der Waals surface area contributed by atoms with Gasteiger partial charge in [0.15, 0.2) is 11.5 Å². The van der Waals surface area contributed by atoms with Gasteiger partial charge in [0.25, 0.3) is 0 Å². The molecule has 0 aliphatic heterocycles. The van der Waals surface area contributed by atoms with E-state index in [4.69, 9.17) is 9.57 Å². The van der Waals surface area contributed by atoms with Gasteiger partial charge in [-0.15, -0.1) is 0 Å². The molecule has 0 aromatic heterocycles. The van der Waals surface area contributed by atoms with Gasteiger partial charge in [0, 0.05) is 5.56 Å². The summed E-state index contributed by atoms with van der Waals surface area (Å²) in [6, 6.07) is 26.1. The van der Waals surface area contributed by atoms with E-state index in [0.717, 1.165) is 11.1 Å². The normalized spacial score (nSPS) is 12.5. The van der Waals surface area contributed by atoms with Gasteiger partial charge in [-0.2, -0.15) is 0 Å². The average Bonchev–Trinajstić information content (AvgIpc) is 2.70. The lowest BCUT2D eigenvalue weighted by Crippen LogP contribution is -2.15. The van der Waals surface area contributed by atoms with Crippen molar-refractivity contribution in [2.45, 2.75) is 6.10 Å². The number of hydrogen-bond acceptors (Lipinski definition) is 4. The van der Waals surface area contributed by atoms with Crippen LogP contribution in [0.2, 0.25) is 0 Å². The van der Waals surface area contributed by atoms with Gasteiger partial charge in [-0.3, -0.25) is 0 Å². The monoisotopic (exact) mass is 333 g/mol. The summed E-state index contributed by atoms with van der Waals surface area (Å²) in [7, 11) is 1.57. The summed E-state index contributed by atoms with van der Waals surface area (Å²) in [6.07, 6.45) is -0.904. The molecular weight excluding hydrogens is 314 g/mol. The van der Waals surface area contributed by atoms with E-state index in [0.29, 0.717) is 17.2 Å². The molecule has 126 valence electrons. The van der Waals surface area contributed by atoms with Gasteiger partial charge in [0.2, 0.25) is 0 Å². The molecule has 1 atom stereocenters. The third-order valence-corrected chi connectivity index (χ3v) is 3.76. The standard InChI is InChI=1S/C21H19NO3/c1-24-18-14-8-9-15-19(18)25-22-20(16-10-4-2-5-11-16)21(23)17-12-6-3-7-13-17/h2-15,21,23H,1H3. The first-order valence-corrected chi connectivity index (χ1v) is 7.96. The fraction of sp³-hybridized carbons (Fsp3) is 0.0952. The van der Waals surface area contributed by atoms with Crippen molar-refractivity contribution in [3.05, 3.63) is 96.1 Å². The van der Waals surface area contributed by atoms with E-state index in [1.54, 1.807) is 19.2 Å². The minimum atomic E-state index is -0.904. The predicted octanol–water partition coefficient (Wildman–Crippen LogP) is 4.21. The molecule has 25 heavy (non-hydrogen) atoms. The lowest BCUT2D eigenvalue weighted by molar-refractivity contribution is 0.237. The molecule has 0 bridgehead atoms. The maximum Gasteiger partial charge on any atom is 0.199 e. The smallest absolute Gasteiger partial charge is 0.199 e. The minimum absolute atomic E-state index is 0.428. The zero-order valence-corrected chi connectivity index (χ0v) is 13.9. The van der Waals surface area contributed by atoms with Crippen molar-refractivity contribution in [3.8, 4) is 11.5 Å². The number of para-hydroxylation sites is 2. The van der Waals surface area contributed by atoms with E-state index in [1.807, 2.05) is 72.8 Å². The van der Waals surface area contributed by atoms with E-state index >= 15 is 0 Å². The van der Waals surface area contributed by atoms with E-state index in [9.17, 15) is 5.11 Å². The molecule has 1 N–H and O–H groups in total. The molecule has 0 aliphatic rings. The molecule has 1 unspecified atom stereocenters. The Morgan fingerprint density at radius 2 is 1.36 bits per heavy atom. The van der Waals surface area contributed by atoms with Gasteiger partial charge in [-0.05, 0) is 17.7 Å². The largest absolute Gasteiger partial charge is 0.493 e. The zero-order chi connectivity index (χ0) is 17.5. The Bertz CT molecular complexity index is 832. The van der Waals surface area contributed by atoms with Gasteiger partial charge >= 0.3 is 0 Å². The highest BCUT2D eigenvalue weighted by Crippen LogP contribution is 2.27. The molecule has 3 aromatic carbocycles. The van der Waals surface area contributed by atoms with Gasteiger partial charge in [-0.1, -0.05) is 78.0 Å². The maximum absolute atomic E-state index is 10.8. The first kappa shape index (κ1) is 16.7. The van der Waals surface area contributed by atoms with Crippen molar-refractivity contribution in [2.24, 2.45) is 5.16 Å². The van der Waals surface area contributed by atoms with Crippen molar-refractivity contribution in [1.29, 1.82) is 0 Å². The van der Waals surface area contributed by atoms with Crippen LogP contribution in [0.5, 0.6) is 11.5 Å². The number of aliphatic hydroxyl groups is 1. The average molecular weight is 333 g/mol. The van der Waals surface area contributed by atoms with Gasteiger partial charge in [0.1, 0.15) is 11.8 Å². The second-order valence-corrected chi connectivity index (χ2v) is 5.40. The number of aliphatic hydroxyl groups excluding tert-OH is 1. The number of ether oxygens (including phenoxy) is 1. The Hall–Kier alpha value is -3.11. The van der Waals surface area contributed by atoms with Gasteiger partial charge in [0.05, 0.1) is 7.11 Å². The highest BCUT2D eigenvalue weighted by Gasteiger charge is 2.18. The Morgan fingerprint density at radius 3 is 2.00 bits per heavy atom. The number of hydrogen-bond donors (Lipinski definition) is 1. The summed E-state index contributed by atoms with van der Waals surface area (Å²) < 4.78 is 5.27. The Morgan fingerprint density at radius 1 is 0.800 bits per heavy atom. The summed E-state index contributed by atoms with van der Waals surface area (Å²) in [5.41, 5.74) is 1.96. The summed E-state index contributed by atoms with van der Waals surface area (Å²) in [5, 5.41) is 15.0. The number of oxime groups is 1. The van der Waals surface area contributed by atoms with Crippen LogP contribution in [0.1, 0.15) is 17.2 Å². The molecule has 4 heteroatoms. The van der Waals surface area contributed by atoms with Crippen LogP contribution in [0.15, 0.2) is 90.1 Å². The maximum atomic E-state index is 10.8. The van der Waals surface area contributed by atoms with Crippen molar-refractivity contribution >= 4 is 5.71 Å². The molecule has 0 saturated carbocycles. The molecular formula is C21H19NO3. The predicted molar refractivity (Wildman–Crippen MR) is 98.0 cm³/mol. The van der Waals surface area contributed by atoms with Crippen LogP contribution in [0.25, 0.3) is 0 Å². The highest BCUT2D eigenvalue weighted by atomic mass is 16.6. The molecule has 0 spiro atoms. The summed E-state index contributed by atoms with van der Waals surface area (Å²) >= 11 is 0. The zero-order valence-electron chi connectivity index (χ0n) is 13.9. The van der Waals surface area contributed by atoms with Gasteiger partial charge < -0.3 is 14.7 Å². The van der Waals surface area contributed by atoms with Crippen molar-refractivity contribution in [2.75, 3.05) is 7.11 Å². The molecule has 3 rings (SSSR count). The first-order chi connectivity index (χ1) is 12.3. The molecule has 0 radical (unpaired) electrons. The van der Waals surface area contributed by atoms with E-state index < -0.39 is 6.10 Å². The van der Waals surface area contributed by atoms with Crippen LogP contribution < -0.4 is 9.57 Å². The van der Waals surface area contributed by atoms with Crippen LogP contribution >= 0.6 is 0 Å².